The van der Waals surface area contributed by atoms with E-state index in [1.165, 1.54) is 11.3 Å². The molecule has 0 aliphatic rings. The summed E-state index contributed by atoms with van der Waals surface area (Å²) in [5, 5.41) is 11.6. The van der Waals surface area contributed by atoms with Gasteiger partial charge in [0.2, 0.25) is 0 Å². The van der Waals surface area contributed by atoms with Gasteiger partial charge in [-0.05, 0) is 25.1 Å². The Morgan fingerprint density at radius 3 is 2.55 bits per heavy atom. The van der Waals surface area contributed by atoms with Gasteiger partial charge in [0.05, 0.1) is 17.3 Å². The van der Waals surface area contributed by atoms with E-state index in [4.69, 9.17) is 4.74 Å². The summed E-state index contributed by atoms with van der Waals surface area (Å²) >= 11 is 1.50. The van der Waals surface area contributed by atoms with Crippen molar-refractivity contribution in [1.82, 2.24) is 4.98 Å². The molecule has 0 aliphatic carbocycles. The molecule has 1 heterocycles. The maximum Gasteiger partial charge on any atom is 0.142 e. The van der Waals surface area contributed by atoms with Crippen LogP contribution in [0.25, 0.3) is 10.2 Å². The number of thiazole rings is 1. The lowest BCUT2D eigenvalue weighted by Crippen LogP contribution is -2.23. The number of aromatic nitrogens is 1. The van der Waals surface area contributed by atoms with Crippen LogP contribution in [0.3, 0.4) is 0 Å². The minimum atomic E-state index is -1.17. The molecule has 0 saturated heterocycles. The van der Waals surface area contributed by atoms with Crippen LogP contribution in [0.2, 0.25) is 0 Å². The molecule has 3 aromatic rings. The minimum Gasteiger partial charge on any atom is -0.496 e. The summed E-state index contributed by atoms with van der Waals surface area (Å²) in [6.45, 7) is 1.75. The summed E-state index contributed by atoms with van der Waals surface area (Å²) in [4.78, 5) is 4.55. The highest BCUT2D eigenvalue weighted by atomic mass is 32.1. The van der Waals surface area contributed by atoms with Gasteiger partial charge in [0, 0.05) is 5.56 Å². The van der Waals surface area contributed by atoms with E-state index in [-0.39, 0.29) is 0 Å². The predicted octanol–water partition coefficient (Wildman–Crippen LogP) is 3.56. The molecule has 0 aliphatic heterocycles. The van der Waals surface area contributed by atoms with Crippen LogP contribution >= 0.6 is 11.3 Å². The van der Waals surface area contributed by atoms with E-state index in [2.05, 4.69) is 4.98 Å². The summed E-state index contributed by atoms with van der Waals surface area (Å²) < 4.78 is 6.41. The average molecular weight is 285 g/mol. The fourth-order valence-electron chi connectivity index (χ4n) is 2.24. The molecule has 0 amide bonds. The van der Waals surface area contributed by atoms with Crippen molar-refractivity contribution in [3.05, 3.63) is 59.1 Å². The average Bonchev–Trinajstić information content (AvgIpc) is 2.92. The molecule has 3 nitrogen and oxygen atoms in total. The number of para-hydroxylation sites is 2. The van der Waals surface area contributed by atoms with E-state index >= 15 is 0 Å². The lowest BCUT2D eigenvalue weighted by atomic mass is 9.96. The van der Waals surface area contributed by atoms with Gasteiger partial charge in [-0.1, -0.05) is 30.3 Å². The van der Waals surface area contributed by atoms with Crippen LogP contribution in [0.1, 0.15) is 17.5 Å². The van der Waals surface area contributed by atoms with E-state index in [9.17, 15) is 5.11 Å². The molecule has 4 heteroatoms. The Labute approximate surface area is 121 Å². The number of ether oxygens (including phenoxy) is 1. The first-order valence-electron chi connectivity index (χ1n) is 6.35. The van der Waals surface area contributed by atoms with Crippen molar-refractivity contribution in [2.24, 2.45) is 0 Å². The molecule has 1 aromatic heterocycles. The van der Waals surface area contributed by atoms with Crippen molar-refractivity contribution in [3.8, 4) is 5.75 Å². The number of fused-ring (bicyclic) bond motifs is 1. The molecule has 2 aromatic carbocycles. The monoisotopic (exact) mass is 285 g/mol. The van der Waals surface area contributed by atoms with Crippen LogP contribution in [-0.4, -0.2) is 17.2 Å². The fraction of sp³-hybridized carbons (Fsp3) is 0.188. The van der Waals surface area contributed by atoms with Crippen molar-refractivity contribution in [3.63, 3.8) is 0 Å². The van der Waals surface area contributed by atoms with Crippen LogP contribution < -0.4 is 4.74 Å². The lowest BCUT2D eigenvalue weighted by Gasteiger charge is -2.23. The molecule has 0 spiro atoms. The molecule has 1 N–H and O–H groups in total. The Hall–Kier alpha value is -1.91. The Bertz CT molecular complexity index is 716. The van der Waals surface area contributed by atoms with Crippen LogP contribution in [0.5, 0.6) is 5.75 Å². The second kappa shape index (κ2) is 4.89. The SMILES string of the molecule is COc1ccccc1C(C)(O)c1nc2ccccc2s1. The Kier molecular flexibility index (Phi) is 3.20. The second-order valence-corrected chi connectivity index (χ2v) is 5.79. The van der Waals surface area contributed by atoms with Gasteiger partial charge in [-0.15, -0.1) is 11.3 Å². The van der Waals surface area contributed by atoms with Crippen molar-refractivity contribution in [2.45, 2.75) is 12.5 Å². The topological polar surface area (TPSA) is 42.4 Å². The second-order valence-electron chi connectivity index (χ2n) is 4.76. The Morgan fingerprint density at radius 1 is 1.10 bits per heavy atom. The molecule has 0 saturated carbocycles. The maximum atomic E-state index is 10.9. The lowest BCUT2D eigenvalue weighted by molar-refractivity contribution is 0.0988. The molecule has 1 unspecified atom stereocenters. The molecule has 3 rings (SSSR count). The molecule has 102 valence electrons. The van der Waals surface area contributed by atoms with Gasteiger partial charge in [0.15, 0.2) is 0 Å². The maximum absolute atomic E-state index is 10.9. The summed E-state index contributed by atoms with van der Waals surface area (Å²) in [7, 11) is 1.60. The quantitative estimate of drug-likeness (QED) is 0.800. The van der Waals surface area contributed by atoms with Crippen LogP contribution in [0, 0.1) is 0 Å². The zero-order valence-corrected chi connectivity index (χ0v) is 12.1. The van der Waals surface area contributed by atoms with Crippen molar-refractivity contribution in [1.29, 1.82) is 0 Å². The third-order valence-electron chi connectivity index (χ3n) is 3.34. The minimum absolute atomic E-state index is 0.664. The molecule has 0 bridgehead atoms. The largest absolute Gasteiger partial charge is 0.496 e. The van der Waals surface area contributed by atoms with Crippen LogP contribution in [-0.2, 0) is 5.60 Å². The number of hydrogen-bond acceptors (Lipinski definition) is 4. The third-order valence-corrected chi connectivity index (χ3v) is 4.59. The van der Waals surface area contributed by atoms with E-state index in [0.717, 1.165) is 15.8 Å². The van der Waals surface area contributed by atoms with Gasteiger partial charge in [-0.3, -0.25) is 0 Å². The fourth-order valence-corrected chi connectivity index (χ4v) is 3.27. The Balaban J connectivity index is 2.15. The number of rotatable bonds is 3. The molecular formula is C16H15NO2S. The summed E-state index contributed by atoms with van der Waals surface area (Å²) in [6, 6.07) is 15.4. The Morgan fingerprint density at radius 2 is 1.80 bits per heavy atom. The highest BCUT2D eigenvalue weighted by Crippen LogP contribution is 2.38. The van der Waals surface area contributed by atoms with Crippen LogP contribution in [0.4, 0.5) is 0 Å². The highest BCUT2D eigenvalue weighted by Gasteiger charge is 2.32. The van der Waals surface area contributed by atoms with Gasteiger partial charge in [-0.2, -0.15) is 0 Å². The van der Waals surface area contributed by atoms with Crippen molar-refractivity contribution < 1.29 is 9.84 Å². The normalized spacial score (nSPS) is 14.2. The molecular weight excluding hydrogens is 270 g/mol. The molecule has 0 fully saturated rings. The van der Waals surface area contributed by atoms with Gasteiger partial charge >= 0.3 is 0 Å². The van der Waals surface area contributed by atoms with Gasteiger partial charge in [0.1, 0.15) is 16.4 Å². The van der Waals surface area contributed by atoms with Crippen molar-refractivity contribution in [2.75, 3.05) is 7.11 Å². The number of hydrogen-bond donors (Lipinski definition) is 1. The molecule has 20 heavy (non-hydrogen) atoms. The highest BCUT2D eigenvalue weighted by molar-refractivity contribution is 7.18. The standard InChI is InChI=1S/C16H15NO2S/c1-16(18,11-7-3-5-9-13(11)19-2)15-17-12-8-4-6-10-14(12)20-15/h3-10,18H,1-2H3. The zero-order chi connectivity index (χ0) is 14.2. The first-order chi connectivity index (χ1) is 9.63. The molecule has 0 radical (unpaired) electrons. The van der Waals surface area contributed by atoms with E-state index in [1.807, 2.05) is 48.5 Å². The first-order valence-corrected chi connectivity index (χ1v) is 7.16. The number of nitrogens with zero attached hydrogens (tertiary/aromatic N) is 1. The summed E-state index contributed by atoms with van der Waals surface area (Å²) in [5.41, 5.74) is 0.459. The van der Waals surface area contributed by atoms with Gasteiger partial charge < -0.3 is 9.84 Å². The van der Waals surface area contributed by atoms with E-state index < -0.39 is 5.60 Å². The summed E-state index contributed by atoms with van der Waals surface area (Å²) in [5.74, 6) is 0.664. The van der Waals surface area contributed by atoms with Crippen molar-refractivity contribution >= 4 is 21.6 Å². The molecule has 1 atom stereocenters. The smallest absolute Gasteiger partial charge is 0.142 e. The number of aliphatic hydroxyl groups is 1. The number of benzene rings is 2. The van der Waals surface area contributed by atoms with E-state index in [0.29, 0.717) is 10.8 Å². The third kappa shape index (κ3) is 2.07. The van der Waals surface area contributed by atoms with Gasteiger partial charge in [-0.25, -0.2) is 4.98 Å². The first kappa shape index (κ1) is 13.1. The van der Waals surface area contributed by atoms with Crippen LogP contribution in [0.15, 0.2) is 48.5 Å². The number of methoxy groups -OCH3 is 1. The zero-order valence-electron chi connectivity index (χ0n) is 11.3. The predicted molar refractivity (Wildman–Crippen MR) is 81.3 cm³/mol. The summed E-state index contributed by atoms with van der Waals surface area (Å²) in [6.07, 6.45) is 0. The van der Waals surface area contributed by atoms with E-state index in [1.54, 1.807) is 14.0 Å². The van der Waals surface area contributed by atoms with Gasteiger partial charge in [0.25, 0.3) is 0 Å².